The van der Waals surface area contributed by atoms with Gasteiger partial charge in [-0.1, -0.05) is 13.0 Å². The number of allylic oxidation sites excluding steroid dienone is 1. The normalized spacial score (nSPS) is 11.4. The van der Waals surface area contributed by atoms with Crippen LogP contribution >= 0.6 is 15.9 Å². The molecule has 0 unspecified atom stereocenters. The lowest BCUT2D eigenvalue weighted by Crippen LogP contribution is -2.23. The van der Waals surface area contributed by atoms with Crippen molar-refractivity contribution in [2.45, 2.75) is 26.8 Å². The van der Waals surface area contributed by atoms with Gasteiger partial charge in [-0.15, -0.1) is 0 Å². The van der Waals surface area contributed by atoms with Crippen molar-refractivity contribution in [1.82, 2.24) is 9.55 Å². The third-order valence-electron chi connectivity index (χ3n) is 2.55. The van der Waals surface area contributed by atoms with Crippen LogP contribution in [0.15, 0.2) is 27.1 Å². The number of halogens is 1. The van der Waals surface area contributed by atoms with E-state index in [1.165, 1.54) is 17.9 Å². The van der Waals surface area contributed by atoms with E-state index in [9.17, 15) is 9.59 Å². The summed E-state index contributed by atoms with van der Waals surface area (Å²) in [6.45, 7) is 3.90. The summed E-state index contributed by atoms with van der Waals surface area (Å²) in [5, 5.41) is 0. The lowest BCUT2D eigenvalue weighted by Gasteiger charge is -2.08. The molecular weight excluding hydrogens is 300 g/mol. The number of hydrogen-bond donors (Lipinski definition) is 0. The van der Waals surface area contributed by atoms with Crippen molar-refractivity contribution in [3.05, 3.63) is 38.5 Å². The molecule has 18 heavy (non-hydrogen) atoms. The van der Waals surface area contributed by atoms with Gasteiger partial charge < -0.3 is 4.74 Å². The molecule has 5 nitrogen and oxygen atoms in total. The number of carbonyl (C=O) groups excluding carboxylic acids is 1. The molecule has 6 heteroatoms. The predicted molar refractivity (Wildman–Crippen MR) is 71.3 cm³/mol. The van der Waals surface area contributed by atoms with Gasteiger partial charge in [0.1, 0.15) is 10.3 Å². The minimum atomic E-state index is -0.369. The Kier molecular flexibility index (Phi) is 5.27. The van der Waals surface area contributed by atoms with E-state index in [0.717, 1.165) is 0 Å². The van der Waals surface area contributed by atoms with E-state index < -0.39 is 0 Å². The van der Waals surface area contributed by atoms with Crippen LogP contribution < -0.4 is 5.56 Å². The molecule has 0 N–H and O–H groups in total. The zero-order valence-electron chi connectivity index (χ0n) is 10.6. The van der Waals surface area contributed by atoms with Crippen molar-refractivity contribution < 1.29 is 9.53 Å². The van der Waals surface area contributed by atoms with Crippen LogP contribution in [0.5, 0.6) is 0 Å². The van der Waals surface area contributed by atoms with Crippen LogP contribution in [-0.2, 0) is 16.1 Å². The minimum Gasteiger partial charge on any atom is -0.466 e. The number of aryl methyl sites for hydroxylation is 1. The first kappa shape index (κ1) is 14.6. The van der Waals surface area contributed by atoms with Gasteiger partial charge >= 0.3 is 5.97 Å². The number of ether oxygens (including phenoxy) is 1. The Labute approximate surface area is 114 Å². The van der Waals surface area contributed by atoms with Crippen LogP contribution in [-0.4, -0.2) is 22.6 Å². The molecule has 1 aromatic rings. The molecule has 0 bridgehead atoms. The van der Waals surface area contributed by atoms with Gasteiger partial charge in [0.2, 0.25) is 0 Å². The van der Waals surface area contributed by atoms with Gasteiger partial charge in [0.15, 0.2) is 0 Å². The van der Waals surface area contributed by atoms with Gasteiger partial charge in [-0.25, -0.2) is 9.78 Å². The fourth-order valence-corrected chi connectivity index (χ4v) is 1.79. The van der Waals surface area contributed by atoms with Crippen molar-refractivity contribution >= 4 is 21.9 Å². The summed E-state index contributed by atoms with van der Waals surface area (Å²) < 4.78 is 6.55. The maximum atomic E-state index is 11.9. The molecule has 1 aromatic heterocycles. The topological polar surface area (TPSA) is 61.2 Å². The van der Waals surface area contributed by atoms with Crippen molar-refractivity contribution in [1.29, 1.82) is 0 Å². The number of esters is 1. The number of carbonyl (C=O) groups is 1. The summed E-state index contributed by atoms with van der Waals surface area (Å²) in [6, 6.07) is 0. The van der Waals surface area contributed by atoms with Gasteiger partial charge in [-0.2, -0.15) is 0 Å². The minimum absolute atomic E-state index is 0.168. The Bertz CT molecular complexity index is 535. The molecule has 0 aromatic carbocycles. The van der Waals surface area contributed by atoms with Crippen molar-refractivity contribution in [3.63, 3.8) is 0 Å². The van der Waals surface area contributed by atoms with Crippen LogP contribution in [0.2, 0.25) is 0 Å². The monoisotopic (exact) mass is 314 g/mol. The molecule has 0 atom stereocenters. The molecule has 1 rings (SSSR count). The molecule has 1 heterocycles. The summed E-state index contributed by atoms with van der Waals surface area (Å²) in [4.78, 5) is 27.3. The van der Waals surface area contributed by atoms with Crippen LogP contribution in [0, 0.1) is 6.92 Å². The Morgan fingerprint density at radius 2 is 2.28 bits per heavy atom. The van der Waals surface area contributed by atoms with Crippen LogP contribution in [0.25, 0.3) is 0 Å². The third-order valence-corrected chi connectivity index (χ3v) is 3.10. The number of methoxy groups -OCH3 is 1. The number of rotatable bonds is 4. The van der Waals surface area contributed by atoms with E-state index in [4.69, 9.17) is 0 Å². The van der Waals surface area contributed by atoms with E-state index in [0.29, 0.717) is 28.8 Å². The summed E-state index contributed by atoms with van der Waals surface area (Å²) in [7, 11) is 1.34. The second-order valence-corrected chi connectivity index (χ2v) is 4.50. The molecular formula is C12H15BrN2O3. The lowest BCUT2D eigenvalue weighted by atomic mass is 10.2. The van der Waals surface area contributed by atoms with Crippen LogP contribution in [0.4, 0.5) is 0 Å². The highest BCUT2D eigenvalue weighted by atomic mass is 79.9. The molecule has 0 spiro atoms. The summed E-state index contributed by atoms with van der Waals surface area (Å²) in [6.07, 6.45) is 3.72. The number of aromatic nitrogens is 2. The molecule has 0 saturated carbocycles. The Morgan fingerprint density at radius 3 is 2.83 bits per heavy atom. The largest absolute Gasteiger partial charge is 0.466 e. The van der Waals surface area contributed by atoms with Gasteiger partial charge in [0, 0.05) is 18.3 Å². The summed E-state index contributed by atoms with van der Waals surface area (Å²) in [5.41, 5.74) is 0.378. The molecule has 0 amide bonds. The zero-order chi connectivity index (χ0) is 13.7. The Morgan fingerprint density at radius 1 is 1.61 bits per heavy atom. The highest BCUT2D eigenvalue weighted by Crippen LogP contribution is 2.06. The molecule has 0 fully saturated rings. The fourth-order valence-electron chi connectivity index (χ4n) is 1.47. The van der Waals surface area contributed by atoms with Gasteiger partial charge in [0.05, 0.1) is 7.11 Å². The van der Waals surface area contributed by atoms with E-state index >= 15 is 0 Å². The van der Waals surface area contributed by atoms with Gasteiger partial charge in [-0.3, -0.25) is 9.36 Å². The molecule has 0 aliphatic rings. The zero-order valence-corrected chi connectivity index (χ0v) is 12.2. The molecule has 0 aliphatic heterocycles. The molecule has 0 aliphatic carbocycles. The first-order chi connectivity index (χ1) is 8.51. The third kappa shape index (κ3) is 3.29. The standard InChI is InChI=1S/C12H15BrN2O3/c1-4-9(12(17)18-3)5-6-15-8(2)14-7-10(13)11(15)16/h5,7H,4,6H2,1-3H3. The first-order valence-corrected chi connectivity index (χ1v) is 6.29. The van der Waals surface area contributed by atoms with Crippen molar-refractivity contribution in [2.75, 3.05) is 7.11 Å². The summed E-state index contributed by atoms with van der Waals surface area (Å²) in [5.74, 6) is 0.228. The highest BCUT2D eigenvalue weighted by molar-refractivity contribution is 9.10. The second-order valence-electron chi connectivity index (χ2n) is 3.64. The molecule has 0 saturated heterocycles. The van der Waals surface area contributed by atoms with E-state index in [1.807, 2.05) is 6.92 Å². The average Bonchev–Trinajstić information content (AvgIpc) is 2.37. The van der Waals surface area contributed by atoms with E-state index in [1.54, 1.807) is 13.0 Å². The smallest absolute Gasteiger partial charge is 0.333 e. The Balaban J connectivity index is 3.05. The van der Waals surface area contributed by atoms with Crippen LogP contribution in [0.3, 0.4) is 0 Å². The molecule has 0 radical (unpaired) electrons. The van der Waals surface area contributed by atoms with Crippen molar-refractivity contribution in [3.8, 4) is 0 Å². The summed E-state index contributed by atoms with van der Waals surface area (Å²) >= 11 is 3.14. The quantitative estimate of drug-likeness (QED) is 0.628. The van der Waals surface area contributed by atoms with E-state index in [2.05, 4.69) is 25.7 Å². The maximum Gasteiger partial charge on any atom is 0.333 e. The van der Waals surface area contributed by atoms with Gasteiger partial charge in [-0.05, 0) is 29.3 Å². The maximum absolute atomic E-state index is 11.9. The van der Waals surface area contributed by atoms with Crippen molar-refractivity contribution in [2.24, 2.45) is 0 Å². The van der Waals surface area contributed by atoms with Gasteiger partial charge in [0.25, 0.3) is 5.56 Å². The second kappa shape index (κ2) is 6.49. The average molecular weight is 315 g/mol. The number of hydrogen-bond acceptors (Lipinski definition) is 4. The fraction of sp³-hybridized carbons (Fsp3) is 0.417. The lowest BCUT2D eigenvalue weighted by molar-refractivity contribution is -0.136. The SMILES string of the molecule is CCC(=CCn1c(C)ncc(Br)c1=O)C(=O)OC. The molecule has 98 valence electrons. The van der Waals surface area contributed by atoms with E-state index in [-0.39, 0.29) is 11.5 Å². The Hall–Kier alpha value is -1.43. The van der Waals surface area contributed by atoms with Crippen LogP contribution in [0.1, 0.15) is 19.2 Å². The number of nitrogens with zero attached hydrogens (tertiary/aromatic N) is 2. The first-order valence-electron chi connectivity index (χ1n) is 5.50. The highest BCUT2D eigenvalue weighted by Gasteiger charge is 2.08. The predicted octanol–water partition coefficient (Wildman–Crippen LogP) is 1.82.